The average molecular weight is 248 g/mol. The minimum absolute atomic E-state index is 0.00847. The van der Waals surface area contributed by atoms with Crippen molar-refractivity contribution in [2.24, 2.45) is 0 Å². The molecule has 0 spiro atoms. The van der Waals surface area contributed by atoms with Gasteiger partial charge in [-0.2, -0.15) is 0 Å². The molecule has 18 heavy (non-hydrogen) atoms. The highest BCUT2D eigenvalue weighted by atomic mass is 16.6. The summed E-state index contributed by atoms with van der Waals surface area (Å²) in [5, 5.41) is 13.6. The van der Waals surface area contributed by atoms with Crippen molar-refractivity contribution >= 4 is 17.3 Å². The molecule has 0 radical (unpaired) electrons. The first kappa shape index (κ1) is 12.5. The molecule has 0 aromatic heterocycles. The van der Waals surface area contributed by atoms with Gasteiger partial charge < -0.3 is 5.32 Å². The molecule has 0 aliphatic heterocycles. The quantitative estimate of drug-likeness (QED) is 0.497. The average Bonchev–Trinajstić information content (AvgIpc) is 2.51. The summed E-state index contributed by atoms with van der Waals surface area (Å²) in [6, 6.07) is 3.38. The monoisotopic (exact) mass is 248 g/mol. The van der Waals surface area contributed by atoms with Crippen molar-refractivity contribution in [2.75, 3.05) is 5.32 Å². The molecule has 1 aliphatic rings. The Bertz CT molecular complexity index is 497. The zero-order chi connectivity index (χ0) is 13.1. The first-order chi connectivity index (χ1) is 8.58. The molecule has 5 nitrogen and oxygen atoms in total. The van der Waals surface area contributed by atoms with Crippen LogP contribution in [-0.2, 0) is 17.6 Å². The van der Waals surface area contributed by atoms with Crippen LogP contribution >= 0.6 is 0 Å². The van der Waals surface area contributed by atoms with E-state index in [1.807, 2.05) is 0 Å². The molecule has 96 valence electrons. The van der Waals surface area contributed by atoms with Crippen molar-refractivity contribution in [3.8, 4) is 0 Å². The molecular formula is C13H16N2O3. The van der Waals surface area contributed by atoms with E-state index in [0.717, 1.165) is 43.2 Å². The summed E-state index contributed by atoms with van der Waals surface area (Å²) < 4.78 is 0. The van der Waals surface area contributed by atoms with E-state index in [0.29, 0.717) is 5.69 Å². The maximum Gasteiger partial charge on any atom is 0.293 e. The van der Waals surface area contributed by atoms with Gasteiger partial charge in [0.05, 0.1) is 4.92 Å². The topological polar surface area (TPSA) is 72.2 Å². The van der Waals surface area contributed by atoms with Crippen LogP contribution in [0.25, 0.3) is 0 Å². The number of rotatable bonds is 2. The highest BCUT2D eigenvalue weighted by Gasteiger charge is 2.19. The van der Waals surface area contributed by atoms with Crippen LogP contribution in [0.4, 0.5) is 11.4 Å². The molecular weight excluding hydrogens is 232 g/mol. The molecule has 0 saturated heterocycles. The number of nitrogens with zero attached hydrogens (tertiary/aromatic N) is 1. The number of fused-ring (bicyclic) bond motifs is 1. The molecule has 2 rings (SSSR count). The summed E-state index contributed by atoms with van der Waals surface area (Å²) in [5.41, 5.74) is 2.48. The number of nitrogens with one attached hydrogen (secondary N) is 1. The van der Waals surface area contributed by atoms with Crippen molar-refractivity contribution in [2.45, 2.75) is 39.0 Å². The summed E-state index contributed by atoms with van der Waals surface area (Å²) >= 11 is 0. The Hall–Kier alpha value is -1.91. The van der Waals surface area contributed by atoms with Crippen molar-refractivity contribution in [3.63, 3.8) is 0 Å². The van der Waals surface area contributed by atoms with E-state index >= 15 is 0 Å². The van der Waals surface area contributed by atoms with Crippen LogP contribution in [0.5, 0.6) is 0 Å². The van der Waals surface area contributed by atoms with Crippen LogP contribution in [-0.4, -0.2) is 10.8 Å². The Morgan fingerprint density at radius 2 is 1.83 bits per heavy atom. The smallest absolute Gasteiger partial charge is 0.293 e. The number of hydrogen-bond donors (Lipinski definition) is 1. The highest BCUT2D eigenvalue weighted by molar-refractivity contribution is 5.91. The van der Waals surface area contributed by atoms with Crippen molar-refractivity contribution < 1.29 is 9.72 Å². The highest BCUT2D eigenvalue weighted by Crippen LogP contribution is 2.31. The number of benzene rings is 1. The predicted molar refractivity (Wildman–Crippen MR) is 68.7 cm³/mol. The second-order valence-corrected chi connectivity index (χ2v) is 4.64. The Morgan fingerprint density at radius 1 is 1.22 bits per heavy atom. The van der Waals surface area contributed by atoms with Crippen LogP contribution < -0.4 is 5.32 Å². The largest absolute Gasteiger partial charge is 0.321 e. The fourth-order valence-electron chi connectivity index (χ4n) is 2.39. The Morgan fingerprint density at radius 3 is 2.39 bits per heavy atom. The van der Waals surface area contributed by atoms with Crippen LogP contribution in [0.3, 0.4) is 0 Å². The number of carbonyl (C=O) groups excluding carboxylic acids is 1. The number of amides is 1. The lowest BCUT2D eigenvalue weighted by Gasteiger charge is -2.10. The van der Waals surface area contributed by atoms with Crippen LogP contribution in [0.1, 0.15) is 37.3 Å². The maximum absolute atomic E-state index is 11.1. The SMILES string of the molecule is CC(=O)Nc1cc2c(cc1[N+](=O)[O-])CCCCC2. The van der Waals surface area contributed by atoms with E-state index in [4.69, 9.17) is 0 Å². The van der Waals surface area contributed by atoms with Gasteiger partial charge in [0, 0.05) is 13.0 Å². The molecule has 1 N–H and O–H groups in total. The molecule has 1 aromatic rings. The summed E-state index contributed by atoms with van der Waals surface area (Å²) in [6.07, 6.45) is 5.14. The summed E-state index contributed by atoms with van der Waals surface area (Å²) in [4.78, 5) is 21.7. The lowest BCUT2D eigenvalue weighted by Crippen LogP contribution is -2.09. The maximum atomic E-state index is 11.1. The predicted octanol–water partition coefficient (Wildman–Crippen LogP) is 2.82. The van der Waals surface area contributed by atoms with Crippen molar-refractivity contribution in [1.29, 1.82) is 0 Å². The summed E-state index contributed by atoms with van der Waals surface area (Å²) in [7, 11) is 0. The first-order valence-electron chi connectivity index (χ1n) is 6.15. The Labute approximate surface area is 105 Å². The van der Waals surface area contributed by atoms with E-state index in [9.17, 15) is 14.9 Å². The Kier molecular flexibility index (Phi) is 3.60. The van der Waals surface area contributed by atoms with Crippen molar-refractivity contribution in [3.05, 3.63) is 33.4 Å². The third-order valence-corrected chi connectivity index (χ3v) is 3.22. The molecule has 0 bridgehead atoms. The fourth-order valence-corrected chi connectivity index (χ4v) is 2.39. The van der Waals surface area contributed by atoms with E-state index in [2.05, 4.69) is 5.32 Å². The number of nitro groups is 1. The number of hydrogen-bond acceptors (Lipinski definition) is 3. The minimum Gasteiger partial charge on any atom is -0.321 e. The lowest BCUT2D eigenvalue weighted by molar-refractivity contribution is -0.384. The lowest BCUT2D eigenvalue weighted by atomic mass is 10.0. The van der Waals surface area contributed by atoms with E-state index < -0.39 is 4.92 Å². The summed E-state index contributed by atoms with van der Waals surface area (Å²) in [5.74, 6) is -0.285. The van der Waals surface area contributed by atoms with Crippen molar-refractivity contribution in [1.82, 2.24) is 0 Å². The van der Waals surface area contributed by atoms with Gasteiger partial charge in [0.25, 0.3) is 5.69 Å². The zero-order valence-corrected chi connectivity index (χ0v) is 10.4. The zero-order valence-electron chi connectivity index (χ0n) is 10.4. The van der Waals surface area contributed by atoms with Crippen LogP contribution in [0, 0.1) is 10.1 Å². The standard InChI is InChI=1S/C13H16N2O3/c1-9(16)14-12-7-10-5-3-2-4-6-11(10)8-13(12)15(17)18/h7-8H,2-6H2,1H3,(H,14,16). The van der Waals surface area contributed by atoms with Gasteiger partial charge in [0.2, 0.25) is 5.91 Å². The van der Waals surface area contributed by atoms with Gasteiger partial charge in [-0.05, 0) is 42.9 Å². The molecule has 5 heteroatoms. The molecule has 1 amide bonds. The van der Waals surface area contributed by atoms with Crippen LogP contribution in [0.2, 0.25) is 0 Å². The van der Waals surface area contributed by atoms with Gasteiger partial charge in [-0.25, -0.2) is 0 Å². The summed E-state index contributed by atoms with van der Waals surface area (Å²) in [6.45, 7) is 1.36. The minimum atomic E-state index is -0.434. The van der Waals surface area contributed by atoms with Gasteiger partial charge in [-0.1, -0.05) is 6.42 Å². The van der Waals surface area contributed by atoms with Gasteiger partial charge in [0.15, 0.2) is 0 Å². The number of anilines is 1. The third-order valence-electron chi connectivity index (χ3n) is 3.22. The first-order valence-corrected chi connectivity index (χ1v) is 6.15. The van der Waals surface area contributed by atoms with Gasteiger partial charge in [-0.3, -0.25) is 14.9 Å². The number of aryl methyl sites for hydroxylation is 2. The van der Waals surface area contributed by atoms with E-state index in [1.165, 1.54) is 6.92 Å². The van der Waals surface area contributed by atoms with E-state index in [-0.39, 0.29) is 11.6 Å². The number of carbonyl (C=O) groups is 1. The van der Waals surface area contributed by atoms with Gasteiger partial charge in [-0.15, -0.1) is 0 Å². The normalized spacial score (nSPS) is 14.5. The molecule has 0 fully saturated rings. The second kappa shape index (κ2) is 5.16. The number of nitro benzene ring substituents is 1. The van der Waals surface area contributed by atoms with Gasteiger partial charge >= 0.3 is 0 Å². The molecule has 0 atom stereocenters. The second-order valence-electron chi connectivity index (χ2n) is 4.64. The molecule has 0 heterocycles. The molecule has 1 aromatic carbocycles. The van der Waals surface area contributed by atoms with E-state index in [1.54, 1.807) is 12.1 Å². The Balaban J connectivity index is 2.47. The fraction of sp³-hybridized carbons (Fsp3) is 0.462. The third kappa shape index (κ3) is 2.67. The molecule has 1 aliphatic carbocycles. The van der Waals surface area contributed by atoms with Crippen LogP contribution in [0.15, 0.2) is 12.1 Å². The molecule has 0 saturated carbocycles. The van der Waals surface area contributed by atoms with Gasteiger partial charge in [0.1, 0.15) is 5.69 Å². The molecule has 0 unspecified atom stereocenters.